The molecule has 0 aliphatic carbocycles. The van der Waals surface area contributed by atoms with Gasteiger partial charge in [0.1, 0.15) is 6.54 Å². The summed E-state index contributed by atoms with van der Waals surface area (Å²) >= 11 is 5.87. The minimum absolute atomic E-state index is 0.0637. The first-order chi connectivity index (χ1) is 8.13. The minimum atomic E-state index is -0.881. The van der Waals surface area contributed by atoms with Gasteiger partial charge >= 0.3 is 5.97 Å². The van der Waals surface area contributed by atoms with E-state index in [1.807, 2.05) is 6.07 Å². The van der Waals surface area contributed by atoms with E-state index in [9.17, 15) is 4.79 Å². The highest BCUT2D eigenvalue weighted by Crippen LogP contribution is 2.19. The van der Waals surface area contributed by atoms with E-state index in [1.54, 1.807) is 23.1 Å². The maximum Gasteiger partial charge on any atom is 0.323 e. The zero-order valence-corrected chi connectivity index (χ0v) is 10.2. The first-order valence-electron chi connectivity index (χ1n) is 5.46. The number of unbranched alkanes of at least 4 members (excludes halogenated alkanes) is 1. The number of rotatable bonds is 7. The molecule has 0 spiro atoms. The fourth-order valence-corrected chi connectivity index (χ4v) is 1.73. The van der Waals surface area contributed by atoms with Crippen LogP contribution in [0.4, 0.5) is 5.69 Å². The number of halogens is 1. The molecule has 94 valence electrons. The number of nitrogens with zero attached hydrogens (tertiary/aromatic N) is 1. The summed E-state index contributed by atoms with van der Waals surface area (Å²) in [6.07, 6.45) is 1.41. The van der Waals surface area contributed by atoms with Crippen molar-refractivity contribution in [2.75, 3.05) is 24.6 Å². The highest BCUT2D eigenvalue weighted by atomic mass is 35.5. The molecule has 0 amide bonds. The van der Waals surface area contributed by atoms with Gasteiger partial charge in [-0.15, -0.1) is 0 Å². The summed E-state index contributed by atoms with van der Waals surface area (Å²) in [6, 6.07) is 7.10. The molecule has 1 rings (SSSR count). The van der Waals surface area contributed by atoms with E-state index in [0.29, 0.717) is 18.0 Å². The molecule has 0 saturated carbocycles. The van der Waals surface area contributed by atoms with Crippen molar-refractivity contribution in [3.05, 3.63) is 29.3 Å². The highest BCUT2D eigenvalue weighted by molar-refractivity contribution is 6.30. The number of hydrogen-bond donors (Lipinski definition) is 2. The molecule has 1 aromatic rings. The van der Waals surface area contributed by atoms with Gasteiger partial charge in [-0.25, -0.2) is 0 Å². The third kappa shape index (κ3) is 5.06. The van der Waals surface area contributed by atoms with E-state index < -0.39 is 5.97 Å². The number of carbonyl (C=O) groups is 1. The van der Waals surface area contributed by atoms with Crippen LogP contribution in [0.2, 0.25) is 5.02 Å². The average Bonchev–Trinajstić information content (AvgIpc) is 2.27. The Balaban J connectivity index is 2.70. The maximum absolute atomic E-state index is 10.8. The second-order valence-electron chi connectivity index (χ2n) is 3.73. The van der Waals surface area contributed by atoms with Crippen LogP contribution in [-0.4, -0.2) is 35.9 Å². The van der Waals surface area contributed by atoms with E-state index in [2.05, 4.69) is 0 Å². The Labute approximate surface area is 105 Å². The molecule has 5 heteroatoms. The van der Waals surface area contributed by atoms with Crippen LogP contribution in [0.15, 0.2) is 24.3 Å². The molecule has 0 fully saturated rings. The van der Waals surface area contributed by atoms with Crippen molar-refractivity contribution in [2.24, 2.45) is 0 Å². The van der Waals surface area contributed by atoms with Gasteiger partial charge < -0.3 is 15.1 Å². The lowest BCUT2D eigenvalue weighted by Gasteiger charge is -2.22. The molecule has 0 saturated heterocycles. The summed E-state index contributed by atoms with van der Waals surface area (Å²) in [4.78, 5) is 12.5. The summed E-state index contributed by atoms with van der Waals surface area (Å²) in [5.74, 6) is -0.881. The van der Waals surface area contributed by atoms with E-state index >= 15 is 0 Å². The summed E-state index contributed by atoms with van der Waals surface area (Å²) in [5, 5.41) is 18.2. The van der Waals surface area contributed by atoms with Gasteiger partial charge in [0.25, 0.3) is 0 Å². The minimum Gasteiger partial charge on any atom is -0.480 e. The van der Waals surface area contributed by atoms with Crippen LogP contribution in [-0.2, 0) is 4.79 Å². The fourth-order valence-electron chi connectivity index (χ4n) is 1.55. The molecule has 0 bridgehead atoms. The van der Waals surface area contributed by atoms with Gasteiger partial charge in [0.05, 0.1) is 0 Å². The summed E-state index contributed by atoms with van der Waals surface area (Å²) in [7, 11) is 0. The Hall–Kier alpha value is -1.26. The maximum atomic E-state index is 10.8. The quantitative estimate of drug-likeness (QED) is 0.734. The lowest BCUT2D eigenvalue weighted by Crippen LogP contribution is -2.30. The Kier molecular flexibility index (Phi) is 5.80. The van der Waals surface area contributed by atoms with Crippen LogP contribution in [0.25, 0.3) is 0 Å². The zero-order chi connectivity index (χ0) is 12.7. The summed E-state index contributed by atoms with van der Waals surface area (Å²) in [6.45, 7) is 0.648. The van der Waals surface area contributed by atoms with Crippen LogP contribution in [0.3, 0.4) is 0 Å². The predicted molar refractivity (Wildman–Crippen MR) is 67.6 cm³/mol. The lowest BCUT2D eigenvalue weighted by molar-refractivity contribution is -0.135. The smallest absolute Gasteiger partial charge is 0.323 e. The summed E-state index contributed by atoms with van der Waals surface area (Å²) < 4.78 is 0. The number of aliphatic carboxylic acids is 1. The zero-order valence-electron chi connectivity index (χ0n) is 9.47. The fraction of sp³-hybridized carbons (Fsp3) is 0.417. The second-order valence-corrected chi connectivity index (χ2v) is 4.16. The molecule has 0 heterocycles. The molecule has 4 nitrogen and oxygen atoms in total. The van der Waals surface area contributed by atoms with Gasteiger partial charge in [-0.1, -0.05) is 17.7 Å². The SMILES string of the molecule is O=C(O)CN(CCCCO)c1cccc(Cl)c1. The number of hydrogen-bond acceptors (Lipinski definition) is 3. The van der Waals surface area contributed by atoms with Gasteiger partial charge in [-0.05, 0) is 31.0 Å². The molecule has 0 aromatic heterocycles. The number of anilines is 1. The van der Waals surface area contributed by atoms with Crippen LogP contribution < -0.4 is 4.90 Å². The van der Waals surface area contributed by atoms with Crippen molar-refractivity contribution >= 4 is 23.3 Å². The van der Waals surface area contributed by atoms with Gasteiger partial charge in [-0.2, -0.15) is 0 Å². The van der Waals surface area contributed by atoms with Gasteiger partial charge in [0.2, 0.25) is 0 Å². The molecule has 0 aliphatic rings. The topological polar surface area (TPSA) is 60.8 Å². The monoisotopic (exact) mass is 257 g/mol. The molecule has 1 aromatic carbocycles. The number of carboxylic acids is 1. The van der Waals surface area contributed by atoms with Crippen molar-refractivity contribution in [3.8, 4) is 0 Å². The Bertz CT molecular complexity index is 371. The standard InChI is InChI=1S/C12H16ClNO3/c13-10-4-3-5-11(8-10)14(9-12(16)17)6-1-2-7-15/h3-5,8,15H,1-2,6-7,9H2,(H,16,17). The van der Waals surface area contributed by atoms with Gasteiger partial charge in [-0.3, -0.25) is 4.79 Å². The Morgan fingerprint density at radius 3 is 2.71 bits per heavy atom. The first-order valence-corrected chi connectivity index (χ1v) is 5.84. The van der Waals surface area contributed by atoms with Crippen LogP contribution >= 0.6 is 11.6 Å². The molecule has 0 atom stereocenters. The van der Waals surface area contributed by atoms with Crippen molar-refractivity contribution in [1.29, 1.82) is 0 Å². The summed E-state index contributed by atoms with van der Waals surface area (Å²) in [5.41, 5.74) is 0.790. The van der Waals surface area contributed by atoms with Crippen LogP contribution in [0.5, 0.6) is 0 Å². The van der Waals surface area contributed by atoms with E-state index in [-0.39, 0.29) is 13.2 Å². The molecule has 0 aliphatic heterocycles. The van der Waals surface area contributed by atoms with Gasteiger partial charge in [0, 0.05) is 23.9 Å². The first kappa shape index (κ1) is 13.8. The Morgan fingerprint density at radius 2 is 2.12 bits per heavy atom. The molecule has 17 heavy (non-hydrogen) atoms. The third-order valence-corrected chi connectivity index (χ3v) is 2.57. The molecule has 0 unspecified atom stereocenters. The largest absolute Gasteiger partial charge is 0.480 e. The normalized spacial score (nSPS) is 10.2. The highest BCUT2D eigenvalue weighted by Gasteiger charge is 2.10. The van der Waals surface area contributed by atoms with Crippen molar-refractivity contribution in [3.63, 3.8) is 0 Å². The van der Waals surface area contributed by atoms with Gasteiger partial charge in [0.15, 0.2) is 0 Å². The predicted octanol–water partition coefficient (Wildman–Crippen LogP) is 2.00. The third-order valence-electron chi connectivity index (χ3n) is 2.34. The van der Waals surface area contributed by atoms with Crippen molar-refractivity contribution in [1.82, 2.24) is 0 Å². The number of carboxylic acid groups (broad SMARTS) is 1. The number of benzene rings is 1. The van der Waals surface area contributed by atoms with E-state index in [1.165, 1.54) is 0 Å². The molecule has 0 radical (unpaired) electrons. The van der Waals surface area contributed by atoms with E-state index in [0.717, 1.165) is 12.1 Å². The molecular weight excluding hydrogens is 242 g/mol. The number of aliphatic hydroxyl groups excluding tert-OH is 1. The van der Waals surface area contributed by atoms with E-state index in [4.69, 9.17) is 21.8 Å². The average molecular weight is 258 g/mol. The Morgan fingerprint density at radius 1 is 1.35 bits per heavy atom. The second kappa shape index (κ2) is 7.14. The lowest BCUT2D eigenvalue weighted by atomic mass is 10.2. The van der Waals surface area contributed by atoms with Crippen molar-refractivity contribution in [2.45, 2.75) is 12.8 Å². The van der Waals surface area contributed by atoms with Crippen LogP contribution in [0.1, 0.15) is 12.8 Å². The van der Waals surface area contributed by atoms with Crippen LogP contribution in [0, 0.1) is 0 Å². The molecule has 2 N–H and O–H groups in total. The molecular formula is C12H16ClNO3. The number of aliphatic hydroxyl groups is 1. The van der Waals surface area contributed by atoms with Crippen molar-refractivity contribution < 1.29 is 15.0 Å².